The van der Waals surface area contributed by atoms with Gasteiger partial charge in [0.25, 0.3) is 5.91 Å². The lowest BCUT2D eigenvalue weighted by Gasteiger charge is -2.36. The number of carbonyl (C=O) groups excluding carboxylic acids is 2. The van der Waals surface area contributed by atoms with Crippen LogP contribution in [-0.4, -0.2) is 38.9 Å². The summed E-state index contributed by atoms with van der Waals surface area (Å²) in [6.45, 7) is 3.44. The fourth-order valence-electron chi connectivity index (χ4n) is 2.54. The molecule has 1 heterocycles. The average Bonchev–Trinajstić information content (AvgIpc) is 3.12. The van der Waals surface area contributed by atoms with Crippen molar-refractivity contribution in [3.63, 3.8) is 0 Å². The van der Waals surface area contributed by atoms with Gasteiger partial charge in [-0.2, -0.15) is 0 Å². The van der Waals surface area contributed by atoms with Crippen LogP contribution >= 0.6 is 11.8 Å². The van der Waals surface area contributed by atoms with Gasteiger partial charge < -0.3 is 9.72 Å². The Bertz CT molecular complexity index is 703. The highest BCUT2D eigenvalue weighted by Crippen LogP contribution is 2.29. The van der Waals surface area contributed by atoms with E-state index in [1.165, 1.54) is 13.4 Å². The number of nitrogens with zero attached hydrogens (tertiary/aromatic N) is 2. The zero-order valence-electron chi connectivity index (χ0n) is 13.2. The number of aromatic nitrogens is 2. The van der Waals surface area contributed by atoms with E-state index < -0.39 is 17.4 Å². The van der Waals surface area contributed by atoms with Gasteiger partial charge in [0.15, 0.2) is 5.54 Å². The Morgan fingerprint density at radius 2 is 2.08 bits per heavy atom. The van der Waals surface area contributed by atoms with Crippen molar-refractivity contribution >= 4 is 23.7 Å². The molecule has 0 aliphatic heterocycles. The summed E-state index contributed by atoms with van der Waals surface area (Å²) in [6.07, 6.45) is 4.43. The largest absolute Gasteiger partial charge is 0.467 e. The fraction of sp³-hybridized carbons (Fsp3) is 0.235. The SMILES string of the molecule is C=CC(=O)N(Cl)[C@@](Cc1ccccc1)(Cc1cnc[nH]1)C(=O)OC. The van der Waals surface area contributed by atoms with Gasteiger partial charge in [0, 0.05) is 36.5 Å². The van der Waals surface area contributed by atoms with Gasteiger partial charge in [-0.05, 0) is 11.6 Å². The summed E-state index contributed by atoms with van der Waals surface area (Å²) in [5.74, 6) is -1.20. The van der Waals surface area contributed by atoms with Crippen LogP contribution in [0.5, 0.6) is 0 Å². The van der Waals surface area contributed by atoms with Crippen molar-refractivity contribution in [3.05, 3.63) is 66.8 Å². The molecule has 0 fully saturated rings. The van der Waals surface area contributed by atoms with Crippen LogP contribution in [0.25, 0.3) is 0 Å². The predicted molar refractivity (Wildman–Crippen MR) is 90.1 cm³/mol. The number of carbonyl (C=O) groups is 2. The van der Waals surface area contributed by atoms with Crippen LogP contribution in [0.3, 0.4) is 0 Å². The van der Waals surface area contributed by atoms with E-state index in [4.69, 9.17) is 16.5 Å². The minimum Gasteiger partial charge on any atom is -0.467 e. The monoisotopic (exact) mass is 347 g/mol. The van der Waals surface area contributed by atoms with Crippen molar-refractivity contribution in [2.24, 2.45) is 0 Å². The molecule has 0 radical (unpaired) electrons. The van der Waals surface area contributed by atoms with Crippen molar-refractivity contribution in [2.45, 2.75) is 18.4 Å². The Morgan fingerprint density at radius 1 is 1.38 bits per heavy atom. The lowest BCUT2D eigenvalue weighted by Crippen LogP contribution is -2.56. The van der Waals surface area contributed by atoms with E-state index >= 15 is 0 Å². The molecule has 1 amide bonds. The molecule has 0 spiro atoms. The number of hydrogen-bond donors (Lipinski definition) is 1. The van der Waals surface area contributed by atoms with E-state index in [2.05, 4.69) is 16.5 Å². The highest BCUT2D eigenvalue weighted by molar-refractivity contribution is 6.25. The molecule has 0 saturated heterocycles. The first-order chi connectivity index (χ1) is 11.5. The number of aromatic amines is 1. The minimum absolute atomic E-state index is 0.123. The molecule has 0 saturated carbocycles. The topological polar surface area (TPSA) is 75.3 Å². The molecule has 24 heavy (non-hydrogen) atoms. The molecule has 7 heteroatoms. The first-order valence-electron chi connectivity index (χ1n) is 7.25. The average molecular weight is 348 g/mol. The molecule has 6 nitrogen and oxygen atoms in total. The number of rotatable bonds is 7. The van der Waals surface area contributed by atoms with Gasteiger partial charge >= 0.3 is 5.97 Å². The molecule has 126 valence electrons. The third-order valence-corrected chi connectivity index (χ3v) is 4.18. The minimum atomic E-state index is -1.44. The molecular weight excluding hydrogens is 330 g/mol. The lowest BCUT2D eigenvalue weighted by molar-refractivity contribution is -0.155. The van der Waals surface area contributed by atoms with E-state index in [9.17, 15) is 9.59 Å². The second-order valence-corrected chi connectivity index (χ2v) is 5.60. The number of H-pyrrole nitrogens is 1. The predicted octanol–water partition coefficient (Wildman–Crippen LogP) is 2.28. The van der Waals surface area contributed by atoms with Crippen LogP contribution in [0, 0.1) is 0 Å². The van der Waals surface area contributed by atoms with E-state index in [0.29, 0.717) is 5.69 Å². The quantitative estimate of drug-likeness (QED) is 0.473. The van der Waals surface area contributed by atoms with Crippen LogP contribution in [0.4, 0.5) is 0 Å². The summed E-state index contributed by atoms with van der Waals surface area (Å²) in [5.41, 5.74) is 0.0545. The highest BCUT2D eigenvalue weighted by Gasteiger charge is 2.47. The van der Waals surface area contributed by atoms with Gasteiger partial charge in [0.2, 0.25) is 0 Å². The van der Waals surface area contributed by atoms with Crippen molar-refractivity contribution in [3.8, 4) is 0 Å². The number of nitrogens with one attached hydrogen (secondary N) is 1. The third-order valence-electron chi connectivity index (χ3n) is 3.69. The normalized spacial score (nSPS) is 12.9. The number of hydrogen-bond acceptors (Lipinski definition) is 4. The summed E-state index contributed by atoms with van der Waals surface area (Å²) < 4.78 is 5.83. The van der Waals surface area contributed by atoms with E-state index in [1.54, 1.807) is 6.20 Å². The molecule has 0 unspecified atom stereocenters. The number of amides is 1. The molecule has 2 rings (SSSR count). The Labute approximate surface area is 145 Å². The molecule has 0 bridgehead atoms. The Kier molecular flexibility index (Phi) is 5.76. The molecule has 0 aliphatic carbocycles. The summed E-state index contributed by atoms with van der Waals surface area (Å²) in [7, 11) is 1.26. The van der Waals surface area contributed by atoms with E-state index in [0.717, 1.165) is 16.1 Å². The maximum Gasteiger partial charge on any atom is 0.334 e. The lowest BCUT2D eigenvalue weighted by atomic mass is 9.86. The number of ether oxygens (including phenoxy) is 1. The zero-order valence-corrected chi connectivity index (χ0v) is 14.0. The highest BCUT2D eigenvalue weighted by atomic mass is 35.5. The van der Waals surface area contributed by atoms with Gasteiger partial charge in [-0.15, -0.1) is 0 Å². The van der Waals surface area contributed by atoms with Gasteiger partial charge in [-0.1, -0.05) is 36.9 Å². The van der Waals surface area contributed by atoms with Gasteiger partial charge in [0.1, 0.15) is 0 Å². The van der Waals surface area contributed by atoms with Crippen molar-refractivity contribution in [1.29, 1.82) is 0 Å². The molecule has 0 aliphatic rings. The molecule has 1 aromatic heterocycles. The van der Waals surface area contributed by atoms with Crippen molar-refractivity contribution in [1.82, 2.24) is 14.4 Å². The Balaban J connectivity index is 2.51. The van der Waals surface area contributed by atoms with Crippen LogP contribution in [0.15, 0.2) is 55.5 Å². The number of methoxy groups -OCH3 is 1. The van der Waals surface area contributed by atoms with Crippen LogP contribution in [0.1, 0.15) is 11.3 Å². The maximum absolute atomic E-state index is 12.7. The molecule has 1 atom stereocenters. The first-order valence-corrected chi connectivity index (χ1v) is 7.59. The molecule has 1 aromatic carbocycles. The number of imidazole rings is 1. The fourth-order valence-corrected chi connectivity index (χ4v) is 2.79. The van der Waals surface area contributed by atoms with E-state index in [1.807, 2.05) is 30.3 Å². The van der Waals surface area contributed by atoms with Gasteiger partial charge in [0.05, 0.1) is 13.4 Å². The molecular formula is C17H18ClN3O3. The number of benzene rings is 1. The number of halogens is 1. The molecule has 2 aromatic rings. The van der Waals surface area contributed by atoms with Crippen molar-refractivity contribution < 1.29 is 14.3 Å². The number of esters is 1. The van der Waals surface area contributed by atoms with Gasteiger partial charge in [-0.3, -0.25) is 4.79 Å². The molecule has 1 N–H and O–H groups in total. The summed E-state index contributed by atoms with van der Waals surface area (Å²) in [6, 6.07) is 9.27. The first kappa shape index (κ1) is 17.7. The summed E-state index contributed by atoms with van der Waals surface area (Å²) in [4.78, 5) is 31.7. The summed E-state index contributed by atoms with van der Waals surface area (Å²) in [5, 5.41) is 0. The second kappa shape index (κ2) is 7.79. The standard InChI is InChI=1S/C17H18ClN3O3/c1-3-15(22)21(18)17(16(23)24-2,10-14-11-19-12-20-14)9-13-7-5-4-6-8-13/h3-8,11-12H,1,9-10H2,2H3,(H,19,20)/t17-/m0/s1. The van der Waals surface area contributed by atoms with Crippen molar-refractivity contribution in [2.75, 3.05) is 7.11 Å². The smallest absolute Gasteiger partial charge is 0.334 e. The van der Waals surface area contributed by atoms with Crippen LogP contribution in [-0.2, 0) is 27.2 Å². The van der Waals surface area contributed by atoms with Crippen LogP contribution in [0.2, 0.25) is 0 Å². The van der Waals surface area contributed by atoms with Gasteiger partial charge in [-0.25, -0.2) is 14.2 Å². The van der Waals surface area contributed by atoms with Crippen LogP contribution < -0.4 is 0 Å². The Morgan fingerprint density at radius 3 is 2.62 bits per heavy atom. The maximum atomic E-state index is 12.7. The zero-order chi connectivity index (χ0) is 17.6. The van der Waals surface area contributed by atoms with E-state index in [-0.39, 0.29) is 12.8 Å². The second-order valence-electron chi connectivity index (χ2n) is 5.26. The third kappa shape index (κ3) is 3.65. The summed E-state index contributed by atoms with van der Waals surface area (Å²) >= 11 is 6.27. The Hall–Kier alpha value is -2.60.